The molecule has 0 bridgehead atoms. The minimum Gasteiger partial charge on any atom is -0.504 e. The van der Waals surface area contributed by atoms with Crippen molar-refractivity contribution in [3.05, 3.63) is 34.2 Å². The van der Waals surface area contributed by atoms with Crippen LogP contribution in [-0.2, 0) is 0 Å². The van der Waals surface area contributed by atoms with E-state index in [4.69, 9.17) is 9.15 Å². The van der Waals surface area contributed by atoms with Crippen LogP contribution in [0.1, 0.15) is 5.56 Å². The van der Waals surface area contributed by atoms with Gasteiger partial charge in [0.2, 0.25) is 0 Å². The van der Waals surface area contributed by atoms with Crippen molar-refractivity contribution < 1.29 is 14.3 Å². The van der Waals surface area contributed by atoms with Gasteiger partial charge in [-0.3, -0.25) is 0 Å². The first kappa shape index (κ1) is 9.58. The van der Waals surface area contributed by atoms with E-state index in [-0.39, 0.29) is 17.1 Å². The molecular formula is C11H10O4. The first-order chi connectivity index (χ1) is 7.11. The second-order valence-corrected chi connectivity index (χ2v) is 3.28. The number of rotatable bonds is 1. The third kappa shape index (κ3) is 1.54. The summed E-state index contributed by atoms with van der Waals surface area (Å²) in [5.41, 5.74) is 0.530. The van der Waals surface area contributed by atoms with Crippen LogP contribution in [0.2, 0.25) is 0 Å². The summed E-state index contributed by atoms with van der Waals surface area (Å²) < 4.78 is 9.95. The zero-order valence-electron chi connectivity index (χ0n) is 8.40. The highest BCUT2D eigenvalue weighted by Crippen LogP contribution is 2.30. The molecule has 0 aliphatic heterocycles. The lowest BCUT2D eigenvalue weighted by atomic mass is 10.2. The lowest BCUT2D eigenvalue weighted by molar-refractivity contribution is 0.373. The number of ether oxygens (including phenoxy) is 1. The number of benzene rings is 1. The molecular weight excluding hydrogens is 196 g/mol. The molecule has 1 N–H and O–H groups in total. The number of aryl methyl sites for hydroxylation is 1. The molecule has 0 aliphatic rings. The largest absolute Gasteiger partial charge is 0.504 e. The molecule has 2 rings (SSSR count). The fourth-order valence-electron chi connectivity index (χ4n) is 1.40. The molecule has 4 heteroatoms. The molecule has 2 aromatic rings. The third-order valence-electron chi connectivity index (χ3n) is 2.21. The van der Waals surface area contributed by atoms with E-state index in [9.17, 15) is 9.90 Å². The quantitative estimate of drug-likeness (QED) is 0.723. The number of hydrogen-bond acceptors (Lipinski definition) is 4. The minimum atomic E-state index is -0.379. The Morgan fingerprint density at radius 1 is 1.33 bits per heavy atom. The zero-order valence-corrected chi connectivity index (χ0v) is 8.40. The Morgan fingerprint density at radius 3 is 2.73 bits per heavy atom. The number of hydrogen-bond donors (Lipinski definition) is 1. The number of phenolic OH excluding ortho intramolecular Hbond substituents is 1. The lowest BCUT2D eigenvalue weighted by Crippen LogP contribution is -2.01. The summed E-state index contributed by atoms with van der Waals surface area (Å²) >= 11 is 0. The molecule has 0 aliphatic carbocycles. The fraction of sp³-hybridized carbons (Fsp3) is 0.182. The highest BCUT2D eigenvalue weighted by molar-refractivity contribution is 5.81. The summed E-state index contributed by atoms with van der Waals surface area (Å²) in [7, 11) is 1.44. The second-order valence-electron chi connectivity index (χ2n) is 3.28. The number of methoxy groups -OCH3 is 1. The summed E-state index contributed by atoms with van der Waals surface area (Å²) in [5, 5.41) is 10.2. The number of phenols is 1. The van der Waals surface area contributed by atoms with Gasteiger partial charge in [0.15, 0.2) is 11.5 Å². The van der Waals surface area contributed by atoms with Crippen LogP contribution in [-0.4, -0.2) is 12.2 Å². The van der Waals surface area contributed by atoms with Crippen molar-refractivity contribution in [3.63, 3.8) is 0 Å². The van der Waals surface area contributed by atoms with Crippen molar-refractivity contribution in [1.29, 1.82) is 0 Å². The van der Waals surface area contributed by atoms with Crippen LogP contribution in [0.5, 0.6) is 11.5 Å². The summed E-state index contributed by atoms with van der Waals surface area (Å²) in [6.07, 6.45) is 0. The maximum atomic E-state index is 11.2. The Kier molecular flexibility index (Phi) is 2.11. The van der Waals surface area contributed by atoms with E-state index in [0.717, 1.165) is 0 Å². The summed E-state index contributed by atoms with van der Waals surface area (Å²) in [4.78, 5) is 11.2. The highest BCUT2D eigenvalue weighted by Gasteiger charge is 2.07. The van der Waals surface area contributed by atoms with Crippen LogP contribution in [0.4, 0.5) is 0 Å². The van der Waals surface area contributed by atoms with E-state index in [2.05, 4.69) is 0 Å². The zero-order chi connectivity index (χ0) is 11.0. The molecule has 0 unspecified atom stereocenters. The minimum absolute atomic E-state index is 0.0262. The van der Waals surface area contributed by atoms with Gasteiger partial charge < -0.3 is 14.3 Å². The highest BCUT2D eigenvalue weighted by atomic mass is 16.5. The molecule has 78 valence electrons. The Balaban J connectivity index is 2.82. The smallest absolute Gasteiger partial charge is 0.339 e. The van der Waals surface area contributed by atoms with E-state index in [1.807, 2.05) is 0 Å². The maximum Gasteiger partial charge on any atom is 0.339 e. The van der Waals surface area contributed by atoms with E-state index in [1.165, 1.54) is 19.2 Å². The van der Waals surface area contributed by atoms with Crippen molar-refractivity contribution in [2.75, 3.05) is 7.11 Å². The van der Waals surface area contributed by atoms with Crippen LogP contribution in [0.25, 0.3) is 11.0 Å². The van der Waals surface area contributed by atoms with E-state index in [1.54, 1.807) is 13.0 Å². The molecule has 15 heavy (non-hydrogen) atoms. The number of aromatic hydroxyl groups is 1. The Morgan fingerprint density at radius 2 is 2.07 bits per heavy atom. The van der Waals surface area contributed by atoms with Gasteiger partial charge in [0.1, 0.15) is 5.58 Å². The monoisotopic (exact) mass is 206 g/mol. The van der Waals surface area contributed by atoms with Gasteiger partial charge in [0.05, 0.1) is 7.11 Å². The van der Waals surface area contributed by atoms with Gasteiger partial charge in [-0.05, 0) is 19.1 Å². The number of fused-ring (bicyclic) bond motifs is 1. The van der Waals surface area contributed by atoms with Gasteiger partial charge in [0.25, 0.3) is 0 Å². The Bertz CT molecular complexity index is 569. The third-order valence-corrected chi connectivity index (χ3v) is 2.21. The van der Waals surface area contributed by atoms with Crippen LogP contribution >= 0.6 is 0 Å². The lowest BCUT2D eigenvalue weighted by Gasteiger charge is -2.04. The van der Waals surface area contributed by atoms with Gasteiger partial charge in [-0.1, -0.05) is 0 Å². The molecule has 0 fully saturated rings. The molecule has 0 spiro atoms. The van der Waals surface area contributed by atoms with Gasteiger partial charge in [-0.2, -0.15) is 0 Å². The van der Waals surface area contributed by atoms with Gasteiger partial charge in [0, 0.05) is 17.0 Å². The molecule has 4 nitrogen and oxygen atoms in total. The average molecular weight is 206 g/mol. The fourth-order valence-corrected chi connectivity index (χ4v) is 1.40. The van der Waals surface area contributed by atoms with Gasteiger partial charge in [-0.25, -0.2) is 4.79 Å². The average Bonchev–Trinajstić information content (AvgIpc) is 2.20. The maximum absolute atomic E-state index is 11.2. The van der Waals surface area contributed by atoms with Gasteiger partial charge in [-0.15, -0.1) is 0 Å². The SMILES string of the molecule is COc1cc2oc(=O)c(C)cc2cc1O. The predicted molar refractivity (Wildman–Crippen MR) is 55.4 cm³/mol. The Hall–Kier alpha value is -1.97. The van der Waals surface area contributed by atoms with Crippen molar-refractivity contribution in [2.45, 2.75) is 6.92 Å². The molecule has 0 saturated carbocycles. The predicted octanol–water partition coefficient (Wildman–Crippen LogP) is 1.82. The second kappa shape index (κ2) is 3.31. The van der Waals surface area contributed by atoms with Crippen molar-refractivity contribution in [2.24, 2.45) is 0 Å². The van der Waals surface area contributed by atoms with Crippen LogP contribution < -0.4 is 10.4 Å². The van der Waals surface area contributed by atoms with Gasteiger partial charge >= 0.3 is 5.63 Å². The molecule has 1 aromatic carbocycles. The molecule has 1 aromatic heterocycles. The van der Waals surface area contributed by atoms with Crippen molar-refractivity contribution in [1.82, 2.24) is 0 Å². The molecule has 0 amide bonds. The summed E-state index contributed by atoms with van der Waals surface area (Å²) in [6, 6.07) is 4.66. The van der Waals surface area contributed by atoms with Crippen LogP contribution in [0.15, 0.2) is 27.4 Å². The van der Waals surface area contributed by atoms with Crippen LogP contribution in [0, 0.1) is 6.92 Å². The molecule has 0 saturated heterocycles. The standard InChI is InChI=1S/C11H10O4/c1-6-3-7-4-8(12)10(14-2)5-9(7)15-11(6)13/h3-5,12H,1-2H3. The van der Waals surface area contributed by atoms with Crippen molar-refractivity contribution >= 4 is 11.0 Å². The molecule has 1 heterocycles. The first-order valence-electron chi connectivity index (χ1n) is 4.43. The summed E-state index contributed by atoms with van der Waals surface area (Å²) in [6.45, 7) is 1.66. The normalized spacial score (nSPS) is 10.5. The van der Waals surface area contributed by atoms with E-state index < -0.39 is 0 Å². The Labute approximate surface area is 85.7 Å². The van der Waals surface area contributed by atoms with E-state index >= 15 is 0 Å². The molecule has 0 radical (unpaired) electrons. The van der Waals surface area contributed by atoms with E-state index in [0.29, 0.717) is 16.5 Å². The topological polar surface area (TPSA) is 59.7 Å². The first-order valence-corrected chi connectivity index (χ1v) is 4.43. The van der Waals surface area contributed by atoms with Crippen molar-refractivity contribution in [3.8, 4) is 11.5 Å². The molecule has 0 atom stereocenters. The van der Waals surface area contributed by atoms with Crippen LogP contribution in [0.3, 0.4) is 0 Å². The summed E-state index contributed by atoms with van der Waals surface area (Å²) in [5.74, 6) is 0.313.